The van der Waals surface area contributed by atoms with E-state index in [0.29, 0.717) is 11.5 Å². The topological polar surface area (TPSA) is 54.0 Å². The number of hydrogen-bond acceptors (Lipinski definition) is 5. The standard InChI is InChI=1S/C24H31BO5/c1-22(2,3)28-21(26)16-17-9-8-10-20(15-17)27-19-13-11-18(12-14-19)25-29-23(4,5)24(6,7)30-25/h8-15H,16H2,1-7H3. The summed E-state index contributed by atoms with van der Waals surface area (Å²) in [4.78, 5) is 12.1. The van der Waals surface area contributed by atoms with E-state index in [-0.39, 0.29) is 23.6 Å². The van der Waals surface area contributed by atoms with Gasteiger partial charge in [-0.15, -0.1) is 0 Å². The number of carbonyl (C=O) groups excluding carboxylic acids is 1. The average Bonchev–Trinajstić information content (AvgIpc) is 2.82. The van der Waals surface area contributed by atoms with Crippen molar-refractivity contribution in [3.63, 3.8) is 0 Å². The summed E-state index contributed by atoms with van der Waals surface area (Å²) in [6.45, 7) is 13.7. The molecule has 1 aliphatic heterocycles. The molecule has 6 heteroatoms. The predicted molar refractivity (Wildman–Crippen MR) is 118 cm³/mol. The van der Waals surface area contributed by atoms with Gasteiger partial charge >= 0.3 is 13.1 Å². The second kappa shape index (κ2) is 8.08. The largest absolute Gasteiger partial charge is 0.494 e. The summed E-state index contributed by atoms with van der Waals surface area (Å²) in [7, 11) is -0.402. The summed E-state index contributed by atoms with van der Waals surface area (Å²) in [6, 6.07) is 15.1. The van der Waals surface area contributed by atoms with E-state index in [9.17, 15) is 4.79 Å². The van der Waals surface area contributed by atoms with Crippen molar-refractivity contribution in [3.05, 3.63) is 54.1 Å². The van der Waals surface area contributed by atoms with Gasteiger partial charge < -0.3 is 18.8 Å². The van der Waals surface area contributed by atoms with E-state index in [4.69, 9.17) is 18.8 Å². The Hall–Kier alpha value is -2.31. The summed E-state index contributed by atoms with van der Waals surface area (Å²) in [5.41, 5.74) is 0.544. The quantitative estimate of drug-likeness (QED) is 0.530. The van der Waals surface area contributed by atoms with Gasteiger partial charge in [-0.3, -0.25) is 4.79 Å². The molecule has 1 aliphatic rings. The van der Waals surface area contributed by atoms with Crippen LogP contribution in [0, 0.1) is 0 Å². The smallest absolute Gasteiger partial charge is 0.460 e. The first kappa shape index (κ1) is 22.4. The van der Waals surface area contributed by atoms with E-state index in [0.717, 1.165) is 11.0 Å². The van der Waals surface area contributed by atoms with Crippen molar-refractivity contribution < 1.29 is 23.6 Å². The minimum Gasteiger partial charge on any atom is -0.460 e. The zero-order valence-corrected chi connectivity index (χ0v) is 18.9. The molecule has 1 saturated heterocycles. The van der Waals surface area contributed by atoms with Crippen molar-refractivity contribution in [2.75, 3.05) is 0 Å². The van der Waals surface area contributed by atoms with Crippen LogP contribution >= 0.6 is 0 Å². The van der Waals surface area contributed by atoms with Crippen LogP contribution in [0.25, 0.3) is 0 Å². The molecule has 160 valence electrons. The first-order valence-corrected chi connectivity index (χ1v) is 10.3. The Morgan fingerprint density at radius 1 is 0.933 bits per heavy atom. The molecule has 3 rings (SSSR count). The molecule has 0 atom stereocenters. The van der Waals surface area contributed by atoms with Gasteiger partial charge in [-0.25, -0.2) is 0 Å². The highest BCUT2D eigenvalue weighted by atomic mass is 16.7. The maximum absolute atomic E-state index is 12.1. The second-order valence-electron chi connectivity index (χ2n) is 9.67. The number of ether oxygens (including phenoxy) is 2. The molecular weight excluding hydrogens is 379 g/mol. The van der Waals surface area contributed by atoms with E-state index in [1.54, 1.807) is 0 Å². The number of esters is 1. The summed E-state index contributed by atoms with van der Waals surface area (Å²) in [6.07, 6.45) is 0.204. The van der Waals surface area contributed by atoms with Gasteiger partial charge in [0.2, 0.25) is 0 Å². The van der Waals surface area contributed by atoms with Gasteiger partial charge in [0.05, 0.1) is 17.6 Å². The number of rotatable bonds is 5. The van der Waals surface area contributed by atoms with Crippen LogP contribution in [0.4, 0.5) is 0 Å². The van der Waals surface area contributed by atoms with E-state index < -0.39 is 12.7 Å². The molecule has 5 nitrogen and oxygen atoms in total. The Morgan fingerprint density at radius 3 is 2.10 bits per heavy atom. The van der Waals surface area contributed by atoms with E-state index >= 15 is 0 Å². The molecule has 2 aromatic rings. The molecule has 0 N–H and O–H groups in total. The zero-order valence-electron chi connectivity index (χ0n) is 18.9. The third-order valence-corrected chi connectivity index (χ3v) is 5.31. The highest BCUT2D eigenvalue weighted by Crippen LogP contribution is 2.36. The molecule has 0 aromatic heterocycles. The van der Waals surface area contributed by atoms with Gasteiger partial charge in [-0.2, -0.15) is 0 Å². The lowest BCUT2D eigenvalue weighted by Gasteiger charge is -2.32. The summed E-state index contributed by atoms with van der Waals surface area (Å²) < 4.78 is 23.5. The normalized spacial score (nSPS) is 17.6. The van der Waals surface area contributed by atoms with Crippen LogP contribution < -0.4 is 10.2 Å². The van der Waals surface area contributed by atoms with Gasteiger partial charge in [0, 0.05) is 0 Å². The van der Waals surface area contributed by atoms with Gasteiger partial charge in [0.1, 0.15) is 17.1 Å². The predicted octanol–water partition coefficient (Wildman–Crippen LogP) is 4.66. The van der Waals surface area contributed by atoms with Crippen molar-refractivity contribution in [2.24, 2.45) is 0 Å². The van der Waals surface area contributed by atoms with Gasteiger partial charge in [0.25, 0.3) is 0 Å². The fourth-order valence-electron chi connectivity index (χ4n) is 3.07. The lowest BCUT2D eigenvalue weighted by molar-refractivity contribution is -0.153. The van der Waals surface area contributed by atoms with Crippen LogP contribution in [0.1, 0.15) is 54.0 Å². The highest BCUT2D eigenvalue weighted by molar-refractivity contribution is 6.62. The van der Waals surface area contributed by atoms with Crippen molar-refractivity contribution in [1.82, 2.24) is 0 Å². The Bertz CT molecular complexity index is 881. The molecule has 0 amide bonds. The molecule has 0 aliphatic carbocycles. The average molecular weight is 410 g/mol. The number of benzene rings is 2. The monoisotopic (exact) mass is 410 g/mol. The Balaban J connectivity index is 1.64. The maximum Gasteiger partial charge on any atom is 0.494 e. The van der Waals surface area contributed by atoms with E-state index in [1.165, 1.54) is 0 Å². The van der Waals surface area contributed by atoms with E-state index in [2.05, 4.69) is 0 Å². The zero-order chi connectivity index (χ0) is 22.2. The van der Waals surface area contributed by atoms with Crippen molar-refractivity contribution in [1.29, 1.82) is 0 Å². The molecule has 0 spiro atoms. The Kier molecular flexibility index (Phi) is 6.03. The second-order valence-corrected chi connectivity index (χ2v) is 9.67. The fourth-order valence-corrected chi connectivity index (χ4v) is 3.07. The van der Waals surface area contributed by atoms with Crippen molar-refractivity contribution >= 4 is 18.6 Å². The van der Waals surface area contributed by atoms with Crippen LogP contribution in [-0.2, 0) is 25.3 Å². The molecular formula is C24H31BO5. The highest BCUT2D eigenvalue weighted by Gasteiger charge is 2.51. The Morgan fingerprint density at radius 2 is 1.53 bits per heavy atom. The van der Waals surface area contributed by atoms with Crippen LogP contribution in [0.5, 0.6) is 11.5 Å². The number of carbonyl (C=O) groups is 1. The molecule has 0 radical (unpaired) electrons. The third-order valence-electron chi connectivity index (χ3n) is 5.31. The molecule has 0 unspecified atom stereocenters. The van der Waals surface area contributed by atoms with Crippen molar-refractivity contribution in [2.45, 2.75) is 71.7 Å². The van der Waals surface area contributed by atoms with Gasteiger partial charge in [0.15, 0.2) is 0 Å². The van der Waals surface area contributed by atoms with Crippen LogP contribution in [-0.4, -0.2) is 29.9 Å². The maximum atomic E-state index is 12.1. The molecule has 1 heterocycles. The summed E-state index contributed by atoms with van der Waals surface area (Å²) in [5, 5.41) is 0. The molecule has 30 heavy (non-hydrogen) atoms. The fraction of sp³-hybridized carbons (Fsp3) is 0.458. The minimum atomic E-state index is -0.496. The lowest BCUT2D eigenvalue weighted by atomic mass is 9.79. The molecule has 0 saturated carbocycles. The molecule has 0 bridgehead atoms. The van der Waals surface area contributed by atoms with Crippen LogP contribution in [0.15, 0.2) is 48.5 Å². The Labute approximate surface area is 179 Å². The van der Waals surface area contributed by atoms with E-state index in [1.807, 2.05) is 97.0 Å². The summed E-state index contributed by atoms with van der Waals surface area (Å²) in [5.74, 6) is 1.11. The van der Waals surface area contributed by atoms with Gasteiger partial charge in [-0.1, -0.05) is 24.3 Å². The van der Waals surface area contributed by atoms with Crippen molar-refractivity contribution in [3.8, 4) is 11.5 Å². The van der Waals surface area contributed by atoms with Crippen LogP contribution in [0.3, 0.4) is 0 Å². The summed E-state index contributed by atoms with van der Waals surface area (Å²) >= 11 is 0. The number of hydrogen-bond donors (Lipinski definition) is 0. The SMILES string of the molecule is CC(C)(C)OC(=O)Cc1cccc(Oc2ccc(B3OC(C)(C)C(C)(C)O3)cc2)c1. The molecule has 2 aromatic carbocycles. The van der Waals surface area contributed by atoms with Gasteiger partial charge in [-0.05, 0) is 83.8 Å². The third kappa shape index (κ3) is 5.43. The first-order valence-electron chi connectivity index (χ1n) is 10.3. The molecule has 1 fully saturated rings. The van der Waals surface area contributed by atoms with Crippen LogP contribution in [0.2, 0.25) is 0 Å². The lowest BCUT2D eigenvalue weighted by Crippen LogP contribution is -2.41. The minimum absolute atomic E-state index is 0.204. The first-order chi connectivity index (χ1) is 13.8.